The van der Waals surface area contributed by atoms with Gasteiger partial charge >= 0.3 is 5.97 Å². The molecule has 0 aliphatic rings. The van der Waals surface area contributed by atoms with Gasteiger partial charge in [-0.2, -0.15) is 0 Å². The molecule has 2 N–H and O–H groups in total. The van der Waals surface area contributed by atoms with Crippen LogP contribution >= 0.6 is 11.8 Å². The van der Waals surface area contributed by atoms with Crippen molar-refractivity contribution in [1.82, 2.24) is 5.32 Å². The number of nitrogens with one attached hydrogen (secondary N) is 1. The molecule has 0 bridgehead atoms. The van der Waals surface area contributed by atoms with Gasteiger partial charge in [0.25, 0.3) is 5.91 Å². The Morgan fingerprint density at radius 3 is 2.31 bits per heavy atom. The predicted octanol–water partition coefficient (Wildman–Crippen LogP) is 1.61. The standard InChI is InChI=1S/C11H13NO3S/c1-7(11(14)15)12-10(13)8-3-5-9(16-2)6-4-8/h3-7H,1-2H3,(H,12,13)(H,14,15)/t7-/m1/s1. The number of amides is 1. The van der Waals surface area contributed by atoms with Gasteiger partial charge in [0.15, 0.2) is 0 Å². The van der Waals surface area contributed by atoms with Gasteiger partial charge in [0, 0.05) is 10.5 Å². The molecule has 86 valence electrons. The number of rotatable bonds is 4. The maximum absolute atomic E-state index is 11.6. The van der Waals surface area contributed by atoms with Gasteiger partial charge in [-0.1, -0.05) is 0 Å². The fraction of sp³-hybridized carbons (Fsp3) is 0.273. The summed E-state index contributed by atoms with van der Waals surface area (Å²) in [6, 6.07) is 6.12. The van der Waals surface area contributed by atoms with Gasteiger partial charge in [0.05, 0.1) is 0 Å². The van der Waals surface area contributed by atoms with Crippen molar-refractivity contribution < 1.29 is 14.7 Å². The molecule has 4 nitrogen and oxygen atoms in total. The van der Waals surface area contributed by atoms with Gasteiger partial charge in [-0.3, -0.25) is 9.59 Å². The van der Waals surface area contributed by atoms with Crippen molar-refractivity contribution in [3.8, 4) is 0 Å². The lowest BCUT2D eigenvalue weighted by atomic mass is 10.2. The van der Waals surface area contributed by atoms with Gasteiger partial charge in [-0.15, -0.1) is 11.8 Å². The fourth-order valence-electron chi connectivity index (χ4n) is 1.08. The summed E-state index contributed by atoms with van der Waals surface area (Å²) in [6.45, 7) is 1.43. The van der Waals surface area contributed by atoms with E-state index in [1.807, 2.05) is 18.4 Å². The smallest absolute Gasteiger partial charge is 0.325 e. The van der Waals surface area contributed by atoms with E-state index in [4.69, 9.17) is 5.11 Å². The number of hydrogen-bond acceptors (Lipinski definition) is 3. The van der Waals surface area contributed by atoms with Gasteiger partial charge in [0.1, 0.15) is 6.04 Å². The molecule has 0 unspecified atom stereocenters. The summed E-state index contributed by atoms with van der Waals surface area (Å²) in [5.74, 6) is -1.42. The summed E-state index contributed by atoms with van der Waals surface area (Å²) in [4.78, 5) is 23.2. The maximum Gasteiger partial charge on any atom is 0.325 e. The molecule has 5 heteroatoms. The Kier molecular flexibility index (Phi) is 4.37. The molecule has 0 heterocycles. The van der Waals surface area contributed by atoms with E-state index in [1.165, 1.54) is 6.92 Å². The summed E-state index contributed by atoms with van der Waals surface area (Å²) in [7, 11) is 0. The van der Waals surface area contributed by atoms with E-state index in [0.29, 0.717) is 5.56 Å². The number of carboxylic acid groups (broad SMARTS) is 1. The van der Waals surface area contributed by atoms with Crippen molar-refractivity contribution >= 4 is 23.6 Å². The second-order valence-corrected chi connectivity index (χ2v) is 4.14. The first-order valence-electron chi connectivity index (χ1n) is 4.72. The summed E-state index contributed by atoms with van der Waals surface area (Å²) in [5.41, 5.74) is 0.464. The highest BCUT2D eigenvalue weighted by Crippen LogP contribution is 2.14. The molecule has 0 aliphatic heterocycles. The van der Waals surface area contributed by atoms with Crippen molar-refractivity contribution in [1.29, 1.82) is 0 Å². The SMILES string of the molecule is CSc1ccc(C(=O)N[C@H](C)C(=O)O)cc1. The van der Waals surface area contributed by atoms with Gasteiger partial charge in [-0.05, 0) is 37.4 Å². The molecule has 1 amide bonds. The van der Waals surface area contributed by atoms with Crippen LogP contribution in [0.25, 0.3) is 0 Å². The first-order valence-corrected chi connectivity index (χ1v) is 5.95. The number of carbonyl (C=O) groups is 2. The second kappa shape index (κ2) is 5.55. The molecular weight excluding hydrogens is 226 g/mol. The molecule has 0 aliphatic carbocycles. The first-order chi connectivity index (χ1) is 7.54. The van der Waals surface area contributed by atoms with E-state index < -0.39 is 12.0 Å². The van der Waals surface area contributed by atoms with Crippen LogP contribution in [-0.2, 0) is 4.79 Å². The topological polar surface area (TPSA) is 66.4 Å². The number of thioether (sulfide) groups is 1. The van der Waals surface area contributed by atoms with E-state index in [9.17, 15) is 9.59 Å². The normalized spacial score (nSPS) is 11.9. The van der Waals surface area contributed by atoms with Crippen LogP contribution in [0.2, 0.25) is 0 Å². The molecule has 0 radical (unpaired) electrons. The molecule has 0 saturated heterocycles. The van der Waals surface area contributed by atoms with Crippen LogP contribution in [0.5, 0.6) is 0 Å². The number of hydrogen-bond donors (Lipinski definition) is 2. The summed E-state index contributed by atoms with van der Waals surface area (Å²) in [6.07, 6.45) is 1.95. The van der Waals surface area contributed by atoms with Crippen LogP contribution in [0.1, 0.15) is 17.3 Å². The highest BCUT2D eigenvalue weighted by atomic mass is 32.2. The Bertz CT molecular complexity index is 389. The van der Waals surface area contributed by atoms with E-state index >= 15 is 0 Å². The number of carboxylic acids is 1. The first kappa shape index (κ1) is 12.6. The average Bonchev–Trinajstić information content (AvgIpc) is 2.28. The van der Waals surface area contributed by atoms with E-state index in [0.717, 1.165) is 4.90 Å². The molecule has 16 heavy (non-hydrogen) atoms. The second-order valence-electron chi connectivity index (χ2n) is 3.26. The average molecular weight is 239 g/mol. The van der Waals surface area contributed by atoms with Crippen molar-refractivity contribution in [3.05, 3.63) is 29.8 Å². The molecule has 1 aromatic carbocycles. The highest BCUT2D eigenvalue weighted by molar-refractivity contribution is 7.98. The minimum atomic E-state index is -1.05. The highest BCUT2D eigenvalue weighted by Gasteiger charge is 2.14. The number of aliphatic carboxylic acids is 1. The minimum Gasteiger partial charge on any atom is -0.480 e. The van der Waals surface area contributed by atoms with Crippen LogP contribution in [-0.4, -0.2) is 29.3 Å². The molecule has 0 aromatic heterocycles. The Morgan fingerprint density at radius 1 is 1.31 bits per heavy atom. The molecule has 0 spiro atoms. The number of carbonyl (C=O) groups excluding carboxylic acids is 1. The summed E-state index contributed by atoms with van der Waals surface area (Å²) in [5, 5.41) is 11.0. The fourth-order valence-corrected chi connectivity index (χ4v) is 1.49. The quantitative estimate of drug-likeness (QED) is 0.783. The van der Waals surface area contributed by atoms with E-state index in [2.05, 4.69) is 5.32 Å². The zero-order valence-corrected chi connectivity index (χ0v) is 9.88. The molecule has 0 saturated carbocycles. The molecule has 1 rings (SSSR count). The molecule has 1 aromatic rings. The lowest BCUT2D eigenvalue weighted by molar-refractivity contribution is -0.138. The molecular formula is C11H13NO3S. The van der Waals surface area contributed by atoms with Gasteiger partial charge in [0.2, 0.25) is 0 Å². The lowest BCUT2D eigenvalue weighted by Crippen LogP contribution is -2.38. The Labute approximate surface area is 98.0 Å². The molecule has 0 fully saturated rings. The van der Waals surface area contributed by atoms with Crippen molar-refractivity contribution in [2.75, 3.05) is 6.26 Å². The monoisotopic (exact) mass is 239 g/mol. The lowest BCUT2D eigenvalue weighted by Gasteiger charge is -2.09. The third-order valence-electron chi connectivity index (χ3n) is 2.07. The van der Waals surface area contributed by atoms with Crippen LogP contribution in [0, 0.1) is 0 Å². The van der Waals surface area contributed by atoms with E-state index in [1.54, 1.807) is 23.9 Å². The largest absolute Gasteiger partial charge is 0.480 e. The third-order valence-corrected chi connectivity index (χ3v) is 2.81. The van der Waals surface area contributed by atoms with Crippen LogP contribution in [0.4, 0.5) is 0 Å². The van der Waals surface area contributed by atoms with Crippen molar-refractivity contribution in [2.24, 2.45) is 0 Å². The van der Waals surface area contributed by atoms with Crippen molar-refractivity contribution in [3.63, 3.8) is 0 Å². The zero-order chi connectivity index (χ0) is 12.1. The summed E-state index contributed by atoms with van der Waals surface area (Å²) < 4.78 is 0. The van der Waals surface area contributed by atoms with Gasteiger partial charge in [-0.25, -0.2) is 0 Å². The van der Waals surface area contributed by atoms with Crippen LogP contribution < -0.4 is 5.32 Å². The van der Waals surface area contributed by atoms with Crippen molar-refractivity contribution in [2.45, 2.75) is 17.9 Å². The number of benzene rings is 1. The predicted molar refractivity (Wildman–Crippen MR) is 62.8 cm³/mol. The zero-order valence-electron chi connectivity index (χ0n) is 9.06. The Balaban J connectivity index is 2.69. The summed E-state index contributed by atoms with van der Waals surface area (Å²) >= 11 is 1.58. The van der Waals surface area contributed by atoms with Crippen LogP contribution in [0.15, 0.2) is 29.2 Å². The molecule has 1 atom stereocenters. The van der Waals surface area contributed by atoms with Gasteiger partial charge < -0.3 is 10.4 Å². The Hall–Kier alpha value is -1.49. The maximum atomic E-state index is 11.6. The van der Waals surface area contributed by atoms with Crippen LogP contribution in [0.3, 0.4) is 0 Å². The van der Waals surface area contributed by atoms with E-state index in [-0.39, 0.29) is 5.91 Å². The minimum absolute atomic E-state index is 0.373. The third kappa shape index (κ3) is 3.27. The Morgan fingerprint density at radius 2 is 1.88 bits per heavy atom.